The maximum atomic E-state index is 12.3. The Labute approximate surface area is 122 Å². The van der Waals surface area contributed by atoms with Crippen LogP contribution in [0.1, 0.15) is 10.4 Å². The number of rotatable bonds is 2. The number of hydrogen-bond donors (Lipinski definition) is 1. The fraction of sp³-hybridized carbons (Fsp3) is 0.125. The van der Waals surface area contributed by atoms with E-state index in [-0.39, 0.29) is 18.4 Å². The predicted molar refractivity (Wildman–Crippen MR) is 79.9 cm³/mol. The number of amides is 1. The largest absolute Gasteiger partial charge is 0.468 e. The van der Waals surface area contributed by atoms with E-state index < -0.39 is 0 Å². The van der Waals surface area contributed by atoms with Crippen LogP contribution < -0.4 is 10.2 Å². The minimum absolute atomic E-state index is 0.0412. The van der Waals surface area contributed by atoms with E-state index in [2.05, 4.69) is 5.32 Å². The van der Waals surface area contributed by atoms with Gasteiger partial charge in [0.05, 0.1) is 29.7 Å². The fourth-order valence-electron chi connectivity index (χ4n) is 2.40. The molecule has 1 amide bonds. The minimum atomic E-state index is -0.367. The van der Waals surface area contributed by atoms with Gasteiger partial charge < -0.3 is 15.0 Å². The first kappa shape index (κ1) is 13.2. The van der Waals surface area contributed by atoms with Gasteiger partial charge in [-0.15, -0.1) is 0 Å². The lowest BCUT2D eigenvalue weighted by Crippen LogP contribution is -2.26. The average Bonchev–Trinajstić information content (AvgIpc) is 2.63. The third-order valence-corrected chi connectivity index (χ3v) is 3.40. The number of nitrogens with one attached hydrogen (secondary N) is 1. The molecule has 0 saturated carbocycles. The summed E-state index contributed by atoms with van der Waals surface area (Å²) in [5.74, 6) is -0.556. The second-order valence-electron chi connectivity index (χ2n) is 4.65. The van der Waals surface area contributed by atoms with Crippen molar-refractivity contribution >= 4 is 28.9 Å². The van der Waals surface area contributed by atoms with Crippen LogP contribution in [-0.2, 0) is 9.53 Å². The number of hydrogen-bond acceptors (Lipinski definition) is 4. The summed E-state index contributed by atoms with van der Waals surface area (Å²) in [6.07, 6.45) is 0. The van der Waals surface area contributed by atoms with Gasteiger partial charge in [0.15, 0.2) is 0 Å². The number of anilines is 3. The molecule has 0 atom stereocenters. The third kappa shape index (κ3) is 2.33. The van der Waals surface area contributed by atoms with Gasteiger partial charge in [-0.1, -0.05) is 24.3 Å². The Balaban J connectivity index is 2.18. The molecule has 0 spiro atoms. The monoisotopic (exact) mass is 282 g/mol. The van der Waals surface area contributed by atoms with E-state index in [1.165, 1.54) is 7.11 Å². The highest BCUT2D eigenvalue weighted by Gasteiger charge is 2.26. The van der Waals surface area contributed by atoms with Crippen molar-refractivity contribution in [2.45, 2.75) is 0 Å². The molecule has 0 fully saturated rings. The van der Waals surface area contributed by atoms with Crippen LogP contribution in [-0.4, -0.2) is 25.5 Å². The van der Waals surface area contributed by atoms with Gasteiger partial charge in [0, 0.05) is 0 Å². The molecule has 0 aliphatic carbocycles. The molecule has 1 aliphatic heterocycles. The fourth-order valence-corrected chi connectivity index (χ4v) is 2.40. The Morgan fingerprint density at radius 2 is 1.76 bits per heavy atom. The highest BCUT2D eigenvalue weighted by molar-refractivity contribution is 6.12. The van der Waals surface area contributed by atoms with E-state index in [9.17, 15) is 9.59 Å². The van der Waals surface area contributed by atoms with E-state index in [1.54, 1.807) is 17.0 Å². The molecule has 0 bridgehead atoms. The van der Waals surface area contributed by atoms with Crippen molar-refractivity contribution in [3.63, 3.8) is 0 Å². The SMILES string of the molecule is COC(=O)CN1c2ccccc2NC(=O)c2ccccc21. The maximum Gasteiger partial charge on any atom is 0.325 e. The van der Waals surface area contributed by atoms with Crippen LogP contribution in [0.4, 0.5) is 17.1 Å². The van der Waals surface area contributed by atoms with Crippen LogP contribution in [0.3, 0.4) is 0 Å². The summed E-state index contributed by atoms with van der Waals surface area (Å²) in [6.45, 7) is 0.0412. The molecule has 5 heteroatoms. The van der Waals surface area contributed by atoms with Gasteiger partial charge >= 0.3 is 5.97 Å². The first-order valence-electron chi connectivity index (χ1n) is 6.54. The van der Waals surface area contributed by atoms with Crippen LogP contribution in [0.15, 0.2) is 48.5 Å². The Hall–Kier alpha value is -2.82. The lowest BCUT2D eigenvalue weighted by atomic mass is 10.1. The van der Waals surface area contributed by atoms with Crippen molar-refractivity contribution in [3.05, 3.63) is 54.1 Å². The molecule has 21 heavy (non-hydrogen) atoms. The molecular formula is C16H14N2O3. The summed E-state index contributed by atoms with van der Waals surface area (Å²) in [4.78, 5) is 25.8. The standard InChI is InChI=1S/C16H14N2O3/c1-21-15(19)10-18-13-8-4-2-6-11(13)16(20)17-12-7-3-5-9-14(12)18/h2-9H,10H2,1H3,(H,17,20). The molecule has 1 N–H and O–H groups in total. The van der Waals surface area contributed by atoms with Gasteiger partial charge in [0.2, 0.25) is 0 Å². The zero-order valence-electron chi connectivity index (χ0n) is 11.5. The summed E-state index contributed by atoms with van der Waals surface area (Å²) >= 11 is 0. The van der Waals surface area contributed by atoms with E-state index >= 15 is 0 Å². The zero-order valence-corrected chi connectivity index (χ0v) is 11.5. The van der Waals surface area contributed by atoms with Crippen molar-refractivity contribution in [3.8, 4) is 0 Å². The van der Waals surface area contributed by atoms with Crippen molar-refractivity contribution in [1.29, 1.82) is 0 Å². The second kappa shape index (κ2) is 5.28. The molecule has 2 aromatic carbocycles. The van der Waals surface area contributed by atoms with Gasteiger partial charge in [0.1, 0.15) is 6.54 Å². The second-order valence-corrected chi connectivity index (χ2v) is 4.65. The van der Waals surface area contributed by atoms with Crippen molar-refractivity contribution in [1.82, 2.24) is 0 Å². The number of ether oxygens (including phenoxy) is 1. The summed E-state index contributed by atoms with van der Waals surface area (Å²) in [7, 11) is 1.35. The highest BCUT2D eigenvalue weighted by Crippen LogP contribution is 2.37. The topological polar surface area (TPSA) is 58.6 Å². The molecular weight excluding hydrogens is 268 g/mol. The smallest absolute Gasteiger partial charge is 0.325 e. The van der Waals surface area contributed by atoms with Gasteiger partial charge in [-0.05, 0) is 24.3 Å². The van der Waals surface area contributed by atoms with Gasteiger partial charge in [-0.2, -0.15) is 0 Å². The van der Waals surface area contributed by atoms with Crippen LogP contribution in [0, 0.1) is 0 Å². The quantitative estimate of drug-likeness (QED) is 0.860. The number of carbonyl (C=O) groups excluding carboxylic acids is 2. The van der Waals surface area contributed by atoms with Crippen LogP contribution in [0.2, 0.25) is 0 Å². The molecule has 1 heterocycles. The number of esters is 1. The van der Waals surface area contributed by atoms with E-state index in [1.807, 2.05) is 36.4 Å². The number of methoxy groups -OCH3 is 1. The molecule has 5 nitrogen and oxygen atoms in total. The molecule has 0 saturated heterocycles. The third-order valence-electron chi connectivity index (χ3n) is 3.40. The Morgan fingerprint density at radius 1 is 1.10 bits per heavy atom. The Kier molecular flexibility index (Phi) is 3.31. The number of carbonyl (C=O) groups is 2. The van der Waals surface area contributed by atoms with E-state index in [4.69, 9.17) is 4.74 Å². The first-order chi connectivity index (χ1) is 10.2. The number of para-hydroxylation sites is 3. The Morgan fingerprint density at radius 3 is 2.52 bits per heavy atom. The van der Waals surface area contributed by atoms with Gasteiger partial charge in [-0.25, -0.2) is 0 Å². The molecule has 0 aromatic heterocycles. The molecule has 106 valence electrons. The zero-order chi connectivity index (χ0) is 14.8. The molecule has 3 rings (SSSR count). The summed E-state index contributed by atoms with van der Waals surface area (Å²) in [6, 6.07) is 14.6. The number of benzene rings is 2. The van der Waals surface area contributed by atoms with E-state index in [0.29, 0.717) is 16.9 Å². The molecule has 0 unspecified atom stereocenters. The lowest BCUT2D eigenvalue weighted by Gasteiger charge is -2.24. The lowest BCUT2D eigenvalue weighted by molar-refractivity contribution is -0.138. The summed E-state index contributed by atoms with van der Waals surface area (Å²) in [5, 5.41) is 2.87. The normalized spacial score (nSPS) is 12.8. The molecule has 0 radical (unpaired) electrons. The summed E-state index contributed by atoms with van der Waals surface area (Å²) in [5.41, 5.74) is 2.65. The average molecular weight is 282 g/mol. The molecule has 2 aromatic rings. The summed E-state index contributed by atoms with van der Waals surface area (Å²) < 4.78 is 4.76. The number of fused-ring (bicyclic) bond motifs is 2. The highest BCUT2D eigenvalue weighted by atomic mass is 16.5. The van der Waals surface area contributed by atoms with Gasteiger partial charge in [0.25, 0.3) is 5.91 Å². The molecule has 1 aliphatic rings. The van der Waals surface area contributed by atoms with Crippen molar-refractivity contribution < 1.29 is 14.3 Å². The first-order valence-corrected chi connectivity index (χ1v) is 6.54. The minimum Gasteiger partial charge on any atom is -0.468 e. The van der Waals surface area contributed by atoms with Crippen LogP contribution in [0.5, 0.6) is 0 Å². The number of nitrogens with zero attached hydrogens (tertiary/aromatic N) is 1. The maximum absolute atomic E-state index is 12.3. The van der Waals surface area contributed by atoms with E-state index in [0.717, 1.165) is 5.69 Å². The predicted octanol–water partition coefficient (Wildman–Crippen LogP) is 2.56. The van der Waals surface area contributed by atoms with Gasteiger partial charge in [-0.3, -0.25) is 9.59 Å². The van der Waals surface area contributed by atoms with Crippen LogP contribution in [0.25, 0.3) is 0 Å². The van der Waals surface area contributed by atoms with Crippen molar-refractivity contribution in [2.24, 2.45) is 0 Å². The van der Waals surface area contributed by atoms with Crippen LogP contribution >= 0.6 is 0 Å². The Bertz CT molecular complexity index is 712. The van der Waals surface area contributed by atoms with Crippen molar-refractivity contribution in [2.75, 3.05) is 23.9 Å².